The Bertz CT molecular complexity index is 3940. The molecule has 0 aromatic carbocycles. The molecular weight excluding hydrogens is 1760 g/mol. The van der Waals surface area contributed by atoms with Gasteiger partial charge in [-0.3, -0.25) is 98.8 Å². The van der Waals surface area contributed by atoms with Crippen molar-refractivity contribution in [3.05, 3.63) is 204 Å². The van der Waals surface area contributed by atoms with Gasteiger partial charge in [0.05, 0.1) is 134 Å². The molecule has 7 aromatic heterocycles. The average Bonchev–Trinajstić information content (AvgIpc) is 0.776. The third-order valence-corrected chi connectivity index (χ3v) is 16.7. The molecule has 7 heterocycles. The van der Waals surface area contributed by atoms with Gasteiger partial charge >= 0.3 is 47.5 Å². The van der Waals surface area contributed by atoms with Crippen molar-refractivity contribution in [3.8, 4) is 0 Å². The molecule has 0 aliphatic heterocycles. The number of aliphatic carboxylic acids is 1. The first kappa shape index (κ1) is 90.6. The molecule has 0 saturated carbocycles. The number of hydrogen-bond donors (Lipinski definition) is 2. The van der Waals surface area contributed by atoms with Gasteiger partial charge < -0.3 is 39.3 Å². The van der Waals surface area contributed by atoms with Crippen LogP contribution in [0.25, 0.3) is 0 Å². The number of nitrogens with zero attached hydrogens (tertiary/aromatic N) is 10. The van der Waals surface area contributed by atoms with Gasteiger partial charge in [-0.15, -0.1) is 0 Å². The number of nitrogen functional groups attached to an aromatic ring is 1. The minimum atomic E-state index is -1.67. The van der Waals surface area contributed by atoms with E-state index >= 15 is 0 Å². The summed E-state index contributed by atoms with van der Waals surface area (Å²) in [4.78, 5) is 134. The van der Waals surface area contributed by atoms with Gasteiger partial charge in [-0.05, 0) is 79.7 Å². The number of carbonyl (C=O) groups is 7. The highest BCUT2D eigenvalue weighted by molar-refractivity contribution is 9.11. The molecule has 7 rings (SSSR count). The molecule has 0 fully saturated rings. The highest BCUT2D eigenvalue weighted by Gasteiger charge is 2.40. The number of aromatic nitrogens is 7. The molecule has 0 aliphatic carbocycles. The summed E-state index contributed by atoms with van der Waals surface area (Å²) in [7, 11) is 6.22. The molecule has 0 radical (unpaired) electrons. The van der Waals surface area contributed by atoms with Gasteiger partial charge in [0.1, 0.15) is 34.0 Å². The first-order valence-corrected chi connectivity index (χ1v) is 32.7. The number of carboxylic acids is 1. The van der Waals surface area contributed by atoms with E-state index in [0.717, 1.165) is 31.9 Å². The molecule has 0 aliphatic rings. The smallest absolute Gasteiger partial charge is 0.325 e. The normalized spacial score (nSPS) is 10.7. The summed E-state index contributed by atoms with van der Waals surface area (Å²) in [6, 6.07) is 0. The first-order valence-electron chi connectivity index (χ1n) is 26.4. The number of anilines is 1. The van der Waals surface area contributed by atoms with Crippen molar-refractivity contribution >= 4 is 221 Å². The number of carbonyl (C=O) groups excluding carboxylic acids is 6. The predicted octanol–water partition coefficient (Wildman–Crippen LogP) is 14.4. The lowest BCUT2D eigenvalue weighted by Crippen LogP contribution is -2.32. The highest BCUT2D eigenvalue weighted by atomic mass is 79.9. The van der Waals surface area contributed by atoms with E-state index in [0.29, 0.717) is 61.4 Å². The lowest BCUT2D eigenvalue weighted by molar-refractivity contribution is -0.386. The number of nitro groups is 3. The summed E-state index contributed by atoms with van der Waals surface area (Å²) in [5, 5.41) is 41.9. The molecule has 538 valence electrons. The Kier molecular flexibility index (Phi) is 41.2. The van der Waals surface area contributed by atoms with Gasteiger partial charge in [-0.2, -0.15) is 0 Å². The van der Waals surface area contributed by atoms with Gasteiger partial charge in [-0.25, -0.2) is 0 Å². The van der Waals surface area contributed by atoms with Crippen molar-refractivity contribution in [2.24, 2.45) is 0 Å². The lowest BCUT2D eigenvalue weighted by Gasteiger charge is -2.23. The molecule has 7 aromatic rings. The van der Waals surface area contributed by atoms with Crippen LogP contribution in [0.5, 0.6) is 0 Å². The van der Waals surface area contributed by atoms with Crippen molar-refractivity contribution in [1.29, 1.82) is 0 Å². The number of halogens is 12. The van der Waals surface area contributed by atoms with Crippen LogP contribution in [0.15, 0.2) is 100 Å². The number of hydrogen-bond acceptors (Lipinski definition) is 27. The minimum absolute atomic E-state index is 0.0731. The first-order chi connectivity index (χ1) is 46.7. The Morgan fingerprint density at radius 2 is 0.790 bits per heavy atom. The Morgan fingerprint density at radius 3 is 1.17 bits per heavy atom. The number of carboxylic acid groups (broad SMARTS) is 1. The van der Waals surface area contributed by atoms with Crippen molar-refractivity contribution < 1.29 is 81.9 Å². The number of methoxy groups -OCH3 is 5. The summed E-state index contributed by atoms with van der Waals surface area (Å²) in [6.07, 6.45) is 18.4. The molecule has 100 heavy (non-hydrogen) atoms. The third kappa shape index (κ3) is 30.8. The van der Waals surface area contributed by atoms with Gasteiger partial charge in [-0.1, -0.05) is 109 Å². The number of esters is 6. The zero-order chi connectivity index (χ0) is 76.5. The number of pyridine rings is 7. The summed E-state index contributed by atoms with van der Waals surface area (Å²) < 4.78 is 29.7. The second-order valence-corrected chi connectivity index (χ2v) is 25.7. The van der Waals surface area contributed by atoms with Crippen LogP contribution >= 0.6 is 157 Å². The molecule has 0 saturated heterocycles. The SMILES string of the molecule is COC(=O)C(Br)c1c(Cl)cncc1Br.COC(=O)C(C(=O)OC(C)(C)C)c1c(Cl)cncc1[N+](=O)[O-].COC(=O)Cc1c(Cl)cncc1Br.COC(=O)Cc1c(Cl)cncc1[N+](=O)[O-].COC(=O)Cc1c(N)cncc1Cl.O=C(O)Cc1c(Cl)cncc1Br.O=[N+]([O-])c1cncc(Cl)c1Cl. The van der Waals surface area contributed by atoms with Gasteiger partial charge in [0.2, 0.25) is 0 Å². The second-order valence-electron chi connectivity index (χ2n) is 19.0. The fraction of sp³-hybridized carbons (Fsp3) is 0.263. The molecule has 3 N–H and O–H groups in total. The van der Waals surface area contributed by atoms with Gasteiger partial charge in [0.25, 0.3) is 11.4 Å². The standard InChI is InChI=1S/C13H15ClN2O6.C8H6Br2ClNO2.C8H7BrClNO2.C8H7ClN2O4.C8H9ClN2O2.C7H5BrClNO2.C5H2Cl2N2O2/c1-13(2,3)22-12(18)10(11(17)21-4)9-7(14)5-15-6-8(9)16(19)20;1-14-8(13)7(10)6-4(9)2-12-3-5(6)11;1-13-8(12)2-5-6(9)3-11-4-7(5)10;1-15-8(12)2-5-6(9)3-10-4-7(5)11(13)14;1-13-8(12)2-5-6(9)3-11-4-7(5)10;8-5-2-10-3-6(9)4(5)1-7(11)12;6-3-1-8-2-4(5(3)7)9(10)11/h5-6,10H,1-4H3;2-3,7H,1H3;3-4H,2H2,1H3;3-4H,2H2,1H3;3-4H,2,10H2,1H3;2-3H,1H2,(H,11,12);1-2H. The molecule has 2 unspecified atom stereocenters. The van der Waals surface area contributed by atoms with Gasteiger partial charge in [0, 0.05) is 86.5 Å². The van der Waals surface area contributed by atoms with Crippen molar-refractivity contribution in [2.75, 3.05) is 41.3 Å². The van der Waals surface area contributed by atoms with Crippen LogP contribution in [0.3, 0.4) is 0 Å². The summed E-state index contributed by atoms with van der Waals surface area (Å²) in [6.45, 7) is 4.80. The molecular formula is C57H51Br4Cl8N11O20. The van der Waals surface area contributed by atoms with Crippen LogP contribution in [-0.4, -0.2) is 138 Å². The van der Waals surface area contributed by atoms with E-state index in [1.165, 1.54) is 78.0 Å². The van der Waals surface area contributed by atoms with E-state index in [4.69, 9.17) is 108 Å². The zero-order valence-corrected chi connectivity index (χ0v) is 64.7. The number of nitrogens with two attached hydrogens (primary N) is 1. The van der Waals surface area contributed by atoms with Crippen LogP contribution in [0.4, 0.5) is 22.7 Å². The van der Waals surface area contributed by atoms with Crippen LogP contribution < -0.4 is 5.73 Å². The quantitative estimate of drug-likeness (QED) is 0.0226. The number of rotatable bonds is 16. The molecule has 43 heteroatoms. The average molecular weight is 1810 g/mol. The molecule has 0 spiro atoms. The van der Waals surface area contributed by atoms with E-state index in [2.05, 4.69) is 122 Å². The van der Waals surface area contributed by atoms with Crippen LogP contribution in [0, 0.1) is 30.3 Å². The summed E-state index contributed by atoms with van der Waals surface area (Å²) >= 11 is 58.6. The largest absolute Gasteiger partial charge is 0.481 e. The summed E-state index contributed by atoms with van der Waals surface area (Å²) in [5.74, 6) is -6.27. The van der Waals surface area contributed by atoms with Crippen LogP contribution in [-0.2, 0) is 87.7 Å². The van der Waals surface area contributed by atoms with Crippen LogP contribution in [0.1, 0.15) is 64.9 Å². The maximum absolute atomic E-state index is 12.3. The zero-order valence-electron chi connectivity index (χ0n) is 52.4. The van der Waals surface area contributed by atoms with E-state index in [-0.39, 0.29) is 80.2 Å². The van der Waals surface area contributed by atoms with E-state index in [1.807, 2.05) is 0 Å². The number of ether oxygens (including phenoxy) is 6. The van der Waals surface area contributed by atoms with Crippen molar-refractivity contribution in [1.82, 2.24) is 34.9 Å². The van der Waals surface area contributed by atoms with Crippen molar-refractivity contribution in [2.45, 2.75) is 62.8 Å². The third-order valence-electron chi connectivity index (χ3n) is 11.1. The van der Waals surface area contributed by atoms with E-state index in [9.17, 15) is 63.9 Å². The van der Waals surface area contributed by atoms with E-state index < -0.39 is 66.6 Å². The number of alkyl halides is 1. The highest BCUT2D eigenvalue weighted by Crippen LogP contribution is 2.37. The topological polar surface area (TPSA) is 441 Å². The molecule has 2 atom stereocenters. The summed E-state index contributed by atoms with van der Waals surface area (Å²) in [5.41, 5.74) is 6.20. The van der Waals surface area contributed by atoms with Gasteiger partial charge in [0.15, 0.2) is 5.92 Å². The maximum atomic E-state index is 12.3. The Labute approximate surface area is 640 Å². The molecule has 0 bridgehead atoms. The fourth-order valence-corrected chi connectivity index (χ4v) is 11.3. The Morgan fingerprint density at radius 1 is 0.450 bits per heavy atom. The lowest BCUT2D eigenvalue weighted by atomic mass is 9.98. The van der Waals surface area contributed by atoms with Crippen molar-refractivity contribution in [3.63, 3.8) is 0 Å². The van der Waals surface area contributed by atoms with E-state index in [1.54, 1.807) is 33.2 Å². The monoisotopic (exact) mass is 1800 g/mol. The van der Waals surface area contributed by atoms with Crippen LogP contribution in [0.2, 0.25) is 40.2 Å². The predicted molar refractivity (Wildman–Crippen MR) is 380 cm³/mol. The second kappa shape index (κ2) is 45.4. The molecule has 31 nitrogen and oxygen atoms in total. The molecule has 0 amide bonds. The Hall–Kier alpha value is -7.42. The maximum Gasteiger partial charge on any atom is 0.325 e. The Balaban J connectivity index is 0.000000590. The fourth-order valence-electron chi connectivity index (χ4n) is 6.56. The minimum Gasteiger partial charge on any atom is -0.481 e.